The predicted octanol–water partition coefficient (Wildman–Crippen LogP) is 5.36. The van der Waals surface area contributed by atoms with Gasteiger partial charge in [0.1, 0.15) is 18.2 Å². The summed E-state index contributed by atoms with van der Waals surface area (Å²) in [5.41, 5.74) is 1.90. The zero-order chi connectivity index (χ0) is 14.8. The molecule has 2 aromatic rings. The summed E-state index contributed by atoms with van der Waals surface area (Å²) >= 11 is 5.67. The van der Waals surface area contributed by atoms with E-state index in [1.807, 2.05) is 18.2 Å². The first-order valence-electron chi connectivity index (χ1n) is 6.54. The number of para-hydroxylation sites is 1. The highest BCUT2D eigenvalue weighted by molar-refractivity contribution is 6.30. The molecule has 20 heavy (non-hydrogen) atoms. The molecule has 0 N–H and O–H groups in total. The van der Waals surface area contributed by atoms with Crippen molar-refractivity contribution in [3.8, 4) is 5.75 Å². The summed E-state index contributed by atoms with van der Waals surface area (Å²) in [6.45, 7) is 6.73. The van der Waals surface area contributed by atoms with Gasteiger partial charge in [-0.2, -0.15) is 0 Å². The maximum absolute atomic E-state index is 13.4. The molecule has 2 rings (SSSR count). The summed E-state index contributed by atoms with van der Waals surface area (Å²) < 4.78 is 19.2. The lowest BCUT2D eigenvalue weighted by Crippen LogP contribution is -2.13. The summed E-state index contributed by atoms with van der Waals surface area (Å²) in [7, 11) is 0. The first-order valence-corrected chi connectivity index (χ1v) is 6.92. The van der Waals surface area contributed by atoms with E-state index < -0.39 is 5.82 Å². The molecule has 0 aliphatic heterocycles. The maximum atomic E-state index is 13.4. The molecule has 0 amide bonds. The van der Waals surface area contributed by atoms with Crippen molar-refractivity contribution < 1.29 is 9.13 Å². The molecular weight excluding hydrogens is 275 g/mol. The number of rotatable bonds is 3. The highest BCUT2D eigenvalue weighted by Gasteiger charge is 2.18. The number of benzene rings is 2. The third kappa shape index (κ3) is 3.51. The van der Waals surface area contributed by atoms with E-state index in [4.69, 9.17) is 16.3 Å². The largest absolute Gasteiger partial charge is 0.489 e. The van der Waals surface area contributed by atoms with Gasteiger partial charge in [0.2, 0.25) is 0 Å². The van der Waals surface area contributed by atoms with Crippen molar-refractivity contribution in [2.45, 2.75) is 32.8 Å². The summed E-state index contributed by atoms with van der Waals surface area (Å²) in [5.74, 6) is 0.409. The molecule has 0 bridgehead atoms. The van der Waals surface area contributed by atoms with Gasteiger partial charge in [0.15, 0.2) is 0 Å². The van der Waals surface area contributed by atoms with Crippen LogP contribution in [0.2, 0.25) is 5.02 Å². The van der Waals surface area contributed by atoms with E-state index in [9.17, 15) is 4.39 Å². The number of hydrogen-bond donors (Lipinski definition) is 0. The van der Waals surface area contributed by atoms with Crippen molar-refractivity contribution in [1.82, 2.24) is 0 Å². The molecule has 0 aliphatic carbocycles. The minimum absolute atomic E-state index is 0.00182. The van der Waals surface area contributed by atoms with Crippen molar-refractivity contribution in [3.05, 3.63) is 64.4 Å². The van der Waals surface area contributed by atoms with Crippen LogP contribution in [-0.2, 0) is 12.0 Å². The van der Waals surface area contributed by atoms with Crippen LogP contribution < -0.4 is 4.74 Å². The third-order valence-electron chi connectivity index (χ3n) is 3.07. The highest BCUT2D eigenvalue weighted by Crippen LogP contribution is 2.31. The van der Waals surface area contributed by atoms with Crippen LogP contribution >= 0.6 is 11.6 Å². The molecule has 3 heteroatoms. The Hall–Kier alpha value is -1.54. The molecule has 106 valence electrons. The van der Waals surface area contributed by atoms with Gasteiger partial charge < -0.3 is 4.74 Å². The van der Waals surface area contributed by atoms with Crippen molar-refractivity contribution in [2.75, 3.05) is 0 Å². The standard InChI is InChI=1S/C17H18ClFO/c1-17(2,3)13-6-4-5-7-16(13)20-11-12-8-9-14(18)15(19)10-12/h4-10H,11H2,1-3H3. The fourth-order valence-corrected chi connectivity index (χ4v) is 2.12. The molecule has 0 saturated heterocycles. The van der Waals surface area contributed by atoms with Gasteiger partial charge in [-0.15, -0.1) is 0 Å². The van der Waals surface area contributed by atoms with Gasteiger partial charge in [0.25, 0.3) is 0 Å². The van der Waals surface area contributed by atoms with Crippen LogP contribution in [0.4, 0.5) is 4.39 Å². The molecule has 0 fully saturated rings. The first-order chi connectivity index (χ1) is 9.38. The van der Waals surface area contributed by atoms with E-state index in [0.29, 0.717) is 6.61 Å². The molecular formula is C17H18ClFO. The van der Waals surface area contributed by atoms with Crippen molar-refractivity contribution in [2.24, 2.45) is 0 Å². The monoisotopic (exact) mass is 292 g/mol. The SMILES string of the molecule is CC(C)(C)c1ccccc1OCc1ccc(Cl)c(F)c1. The van der Waals surface area contributed by atoms with Crippen LogP contribution in [0.15, 0.2) is 42.5 Å². The maximum Gasteiger partial charge on any atom is 0.142 e. The average molecular weight is 293 g/mol. The first kappa shape index (κ1) is 14.9. The van der Waals surface area contributed by atoms with Gasteiger partial charge in [0.05, 0.1) is 5.02 Å². The second-order valence-corrected chi connectivity index (χ2v) is 6.19. The van der Waals surface area contributed by atoms with Gasteiger partial charge in [-0.05, 0) is 34.7 Å². The fourth-order valence-electron chi connectivity index (χ4n) is 2.00. The predicted molar refractivity (Wildman–Crippen MR) is 80.9 cm³/mol. The Labute approximate surface area is 124 Å². The topological polar surface area (TPSA) is 9.23 Å². The lowest BCUT2D eigenvalue weighted by molar-refractivity contribution is 0.297. The molecule has 0 aromatic heterocycles. The lowest BCUT2D eigenvalue weighted by Gasteiger charge is -2.22. The van der Waals surface area contributed by atoms with Crippen LogP contribution in [0.1, 0.15) is 31.9 Å². The highest BCUT2D eigenvalue weighted by atomic mass is 35.5. The van der Waals surface area contributed by atoms with Crippen LogP contribution in [-0.4, -0.2) is 0 Å². The molecule has 0 atom stereocenters. The second-order valence-electron chi connectivity index (χ2n) is 5.78. The fraction of sp³-hybridized carbons (Fsp3) is 0.294. The summed E-state index contributed by atoms with van der Waals surface area (Å²) in [6.07, 6.45) is 0. The molecule has 1 nitrogen and oxygen atoms in total. The Morgan fingerprint density at radius 3 is 2.45 bits per heavy atom. The average Bonchev–Trinajstić information content (AvgIpc) is 2.39. The Bertz CT molecular complexity index is 602. The zero-order valence-corrected chi connectivity index (χ0v) is 12.7. The van der Waals surface area contributed by atoms with Crippen LogP contribution in [0.25, 0.3) is 0 Å². The van der Waals surface area contributed by atoms with Crippen LogP contribution in [0.5, 0.6) is 5.75 Å². The van der Waals surface area contributed by atoms with Gasteiger partial charge in [-0.3, -0.25) is 0 Å². The summed E-state index contributed by atoms with van der Waals surface area (Å²) in [4.78, 5) is 0. The molecule has 0 heterocycles. The van der Waals surface area contributed by atoms with Gasteiger partial charge >= 0.3 is 0 Å². The number of ether oxygens (including phenoxy) is 1. The lowest BCUT2D eigenvalue weighted by atomic mass is 9.86. The molecule has 2 aromatic carbocycles. The Balaban J connectivity index is 2.17. The normalized spacial score (nSPS) is 11.4. The van der Waals surface area contributed by atoms with Gasteiger partial charge in [0, 0.05) is 0 Å². The molecule has 0 unspecified atom stereocenters. The molecule has 0 radical (unpaired) electrons. The Morgan fingerprint density at radius 1 is 1.10 bits per heavy atom. The quantitative estimate of drug-likeness (QED) is 0.740. The van der Waals surface area contributed by atoms with E-state index in [-0.39, 0.29) is 10.4 Å². The van der Waals surface area contributed by atoms with Gasteiger partial charge in [-0.25, -0.2) is 4.39 Å². The van der Waals surface area contributed by atoms with Crippen molar-refractivity contribution in [1.29, 1.82) is 0 Å². The Morgan fingerprint density at radius 2 is 1.80 bits per heavy atom. The zero-order valence-electron chi connectivity index (χ0n) is 11.9. The van der Waals surface area contributed by atoms with E-state index in [1.54, 1.807) is 12.1 Å². The Kier molecular flexibility index (Phi) is 4.34. The summed E-state index contributed by atoms with van der Waals surface area (Å²) in [5, 5.41) is 0.129. The smallest absolute Gasteiger partial charge is 0.142 e. The van der Waals surface area contributed by atoms with Gasteiger partial charge in [-0.1, -0.05) is 56.6 Å². The van der Waals surface area contributed by atoms with Crippen molar-refractivity contribution >= 4 is 11.6 Å². The minimum Gasteiger partial charge on any atom is -0.489 e. The van der Waals surface area contributed by atoms with E-state index >= 15 is 0 Å². The number of halogens is 2. The van der Waals surface area contributed by atoms with E-state index in [1.165, 1.54) is 6.07 Å². The minimum atomic E-state index is -0.420. The second kappa shape index (κ2) is 5.84. The van der Waals surface area contributed by atoms with Crippen molar-refractivity contribution in [3.63, 3.8) is 0 Å². The van der Waals surface area contributed by atoms with Crippen LogP contribution in [0.3, 0.4) is 0 Å². The van der Waals surface area contributed by atoms with Crippen LogP contribution in [0, 0.1) is 5.82 Å². The molecule has 0 spiro atoms. The van der Waals surface area contributed by atoms with E-state index in [2.05, 4.69) is 26.8 Å². The summed E-state index contributed by atoms with van der Waals surface area (Å²) in [6, 6.07) is 12.6. The molecule has 0 saturated carbocycles. The van der Waals surface area contributed by atoms with E-state index in [0.717, 1.165) is 16.9 Å². The number of hydrogen-bond acceptors (Lipinski definition) is 1. The molecule has 0 aliphatic rings. The third-order valence-corrected chi connectivity index (χ3v) is 3.38.